The van der Waals surface area contributed by atoms with Crippen molar-refractivity contribution in [2.24, 2.45) is 0 Å². The van der Waals surface area contributed by atoms with Crippen LogP contribution in [-0.2, 0) is 16.0 Å². The predicted octanol–water partition coefficient (Wildman–Crippen LogP) is 4.81. The van der Waals surface area contributed by atoms with Crippen LogP contribution in [-0.4, -0.2) is 35.6 Å². The summed E-state index contributed by atoms with van der Waals surface area (Å²) in [6, 6.07) is 2.46. The van der Waals surface area contributed by atoms with Crippen LogP contribution in [0.1, 0.15) is 37.8 Å². The van der Waals surface area contributed by atoms with E-state index < -0.39 is 17.6 Å². The maximum Gasteiger partial charge on any atom is 0.311 e. The molecule has 2 heterocycles. The number of fused-ring (bicyclic) bond motifs is 1. The SMILES string of the molecule is COC(=O)Cc1csc2nc(-c3c(F)cc(OC)cc3F)c(NC3CCCCC3)n12. The Balaban J connectivity index is 1.86. The number of rotatable bonds is 6. The molecule has 1 aliphatic carbocycles. The third-order valence-corrected chi connectivity index (χ3v) is 6.30. The Hall–Kier alpha value is -2.68. The molecule has 4 rings (SSSR count). The zero-order valence-electron chi connectivity index (χ0n) is 16.8. The average molecular weight is 435 g/mol. The zero-order valence-corrected chi connectivity index (χ0v) is 17.7. The van der Waals surface area contributed by atoms with Crippen LogP contribution in [0.4, 0.5) is 14.6 Å². The van der Waals surface area contributed by atoms with E-state index in [-0.39, 0.29) is 29.5 Å². The molecule has 1 N–H and O–H groups in total. The molecule has 0 aliphatic heterocycles. The normalized spacial score (nSPS) is 14.8. The largest absolute Gasteiger partial charge is 0.497 e. The van der Waals surface area contributed by atoms with Gasteiger partial charge in [-0.1, -0.05) is 19.3 Å². The number of imidazole rings is 1. The molecule has 2 aromatic heterocycles. The summed E-state index contributed by atoms with van der Waals surface area (Å²) in [5, 5.41) is 5.28. The number of benzene rings is 1. The van der Waals surface area contributed by atoms with Gasteiger partial charge in [-0.05, 0) is 12.8 Å². The summed E-state index contributed by atoms with van der Waals surface area (Å²) in [6.45, 7) is 0. The number of methoxy groups -OCH3 is 2. The van der Waals surface area contributed by atoms with Gasteiger partial charge in [0, 0.05) is 29.2 Å². The number of carbonyl (C=O) groups is 1. The summed E-state index contributed by atoms with van der Waals surface area (Å²) in [7, 11) is 2.68. The number of nitrogens with one attached hydrogen (secondary N) is 1. The molecule has 0 spiro atoms. The highest BCUT2D eigenvalue weighted by atomic mass is 32.1. The van der Waals surface area contributed by atoms with E-state index in [1.807, 2.05) is 5.38 Å². The van der Waals surface area contributed by atoms with E-state index in [1.54, 1.807) is 4.40 Å². The molecule has 0 amide bonds. The van der Waals surface area contributed by atoms with Crippen LogP contribution in [0.15, 0.2) is 17.5 Å². The third-order valence-electron chi connectivity index (χ3n) is 5.42. The second-order valence-electron chi connectivity index (χ2n) is 7.35. The number of anilines is 1. The first-order valence-electron chi connectivity index (χ1n) is 9.87. The number of esters is 1. The van der Waals surface area contributed by atoms with Crippen LogP contribution in [0.5, 0.6) is 5.75 Å². The molecule has 1 aliphatic rings. The highest BCUT2D eigenvalue weighted by Crippen LogP contribution is 2.38. The fraction of sp³-hybridized carbons (Fsp3) is 0.429. The van der Waals surface area contributed by atoms with Crippen molar-refractivity contribution < 1.29 is 23.0 Å². The third kappa shape index (κ3) is 3.86. The molecule has 1 fully saturated rings. The number of carbonyl (C=O) groups excluding carboxylic acids is 1. The molecule has 1 saturated carbocycles. The fourth-order valence-corrected chi connectivity index (χ4v) is 4.79. The second kappa shape index (κ2) is 8.59. The van der Waals surface area contributed by atoms with E-state index in [1.165, 1.54) is 32.0 Å². The van der Waals surface area contributed by atoms with Gasteiger partial charge < -0.3 is 14.8 Å². The molecule has 3 aromatic rings. The number of halogens is 2. The minimum atomic E-state index is -0.751. The zero-order chi connectivity index (χ0) is 21.3. The first-order chi connectivity index (χ1) is 14.5. The van der Waals surface area contributed by atoms with E-state index in [0.29, 0.717) is 16.5 Å². The minimum Gasteiger partial charge on any atom is -0.497 e. The molecule has 1 aromatic carbocycles. The van der Waals surface area contributed by atoms with Gasteiger partial charge in [0.25, 0.3) is 0 Å². The Bertz CT molecular complexity index is 1050. The molecule has 0 unspecified atom stereocenters. The van der Waals surface area contributed by atoms with E-state index in [2.05, 4.69) is 10.3 Å². The molecule has 0 radical (unpaired) electrons. The fourth-order valence-electron chi connectivity index (χ4n) is 3.90. The van der Waals surface area contributed by atoms with Crippen LogP contribution in [0.25, 0.3) is 16.2 Å². The lowest BCUT2D eigenvalue weighted by atomic mass is 9.95. The Kier molecular flexibility index (Phi) is 5.90. The first kappa shape index (κ1) is 20.6. The molecule has 6 nitrogen and oxygen atoms in total. The molecular formula is C21H23F2N3O3S. The number of ether oxygens (including phenoxy) is 2. The summed E-state index contributed by atoms with van der Waals surface area (Å²) in [6.07, 6.45) is 5.35. The molecular weight excluding hydrogens is 412 g/mol. The Morgan fingerprint density at radius 1 is 1.23 bits per heavy atom. The summed E-state index contributed by atoms with van der Waals surface area (Å²) in [5.41, 5.74) is 0.637. The smallest absolute Gasteiger partial charge is 0.311 e. The Morgan fingerprint density at radius 2 is 1.93 bits per heavy atom. The van der Waals surface area contributed by atoms with Gasteiger partial charge in [0.05, 0.1) is 26.2 Å². The Labute approximate surface area is 176 Å². The van der Waals surface area contributed by atoms with Gasteiger partial charge in [0.2, 0.25) is 0 Å². The van der Waals surface area contributed by atoms with E-state index in [9.17, 15) is 13.6 Å². The molecule has 0 bridgehead atoms. The van der Waals surface area contributed by atoms with Crippen molar-refractivity contribution in [3.8, 4) is 17.0 Å². The molecule has 160 valence electrons. The lowest BCUT2D eigenvalue weighted by Gasteiger charge is -2.24. The van der Waals surface area contributed by atoms with Crippen LogP contribution >= 0.6 is 11.3 Å². The Morgan fingerprint density at radius 3 is 2.57 bits per heavy atom. The van der Waals surface area contributed by atoms with Gasteiger partial charge in [0.1, 0.15) is 28.9 Å². The summed E-state index contributed by atoms with van der Waals surface area (Å²) < 4.78 is 41.3. The predicted molar refractivity (Wildman–Crippen MR) is 111 cm³/mol. The van der Waals surface area contributed by atoms with Crippen molar-refractivity contribution in [2.75, 3.05) is 19.5 Å². The quantitative estimate of drug-likeness (QED) is 0.563. The maximum atomic E-state index is 14.9. The number of hydrogen-bond acceptors (Lipinski definition) is 6. The minimum absolute atomic E-state index is 0.0409. The maximum absolute atomic E-state index is 14.9. The van der Waals surface area contributed by atoms with Gasteiger partial charge in [-0.25, -0.2) is 13.8 Å². The van der Waals surface area contributed by atoms with Crippen LogP contribution < -0.4 is 10.1 Å². The van der Waals surface area contributed by atoms with Gasteiger partial charge >= 0.3 is 5.97 Å². The molecule has 9 heteroatoms. The molecule has 0 atom stereocenters. The van der Waals surface area contributed by atoms with Crippen molar-refractivity contribution in [2.45, 2.75) is 44.6 Å². The van der Waals surface area contributed by atoms with Gasteiger partial charge in [-0.2, -0.15) is 0 Å². The van der Waals surface area contributed by atoms with Crippen molar-refractivity contribution in [3.63, 3.8) is 0 Å². The van der Waals surface area contributed by atoms with Crippen LogP contribution in [0, 0.1) is 11.6 Å². The van der Waals surface area contributed by atoms with E-state index in [4.69, 9.17) is 9.47 Å². The standard InChI is InChI=1S/C21H23F2N3O3S/c1-28-14-9-15(22)18(16(23)10-14)19-20(24-12-6-4-3-5-7-12)26-13(8-17(27)29-2)11-30-21(26)25-19/h9-12,24H,3-8H2,1-2H3. The van der Waals surface area contributed by atoms with Crippen LogP contribution in [0.3, 0.4) is 0 Å². The van der Waals surface area contributed by atoms with Crippen LogP contribution in [0.2, 0.25) is 0 Å². The average Bonchev–Trinajstić information content (AvgIpc) is 3.28. The number of nitrogens with zero attached hydrogens (tertiary/aromatic N) is 2. The lowest BCUT2D eigenvalue weighted by Crippen LogP contribution is -2.23. The molecule has 30 heavy (non-hydrogen) atoms. The van der Waals surface area contributed by atoms with Gasteiger partial charge in [-0.3, -0.25) is 9.20 Å². The monoisotopic (exact) mass is 435 g/mol. The summed E-state index contributed by atoms with van der Waals surface area (Å²) in [5.74, 6) is -1.30. The second-order valence-corrected chi connectivity index (χ2v) is 8.19. The van der Waals surface area contributed by atoms with Crippen molar-refractivity contribution in [1.82, 2.24) is 9.38 Å². The number of hydrogen-bond donors (Lipinski definition) is 1. The number of aromatic nitrogens is 2. The van der Waals surface area contributed by atoms with Crippen molar-refractivity contribution in [3.05, 3.63) is 34.8 Å². The lowest BCUT2D eigenvalue weighted by molar-refractivity contribution is -0.139. The highest BCUT2D eigenvalue weighted by molar-refractivity contribution is 7.15. The molecule has 0 saturated heterocycles. The topological polar surface area (TPSA) is 64.9 Å². The highest BCUT2D eigenvalue weighted by Gasteiger charge is 2.26. The van der Waals surface area contributed by atoms with Gasteiger partial charge in [0.15, 0.2) is 4.96 Å². The van der Waals surface area contributed by atoms with E-state index >= 15 is 0 Å². The summed E-state index contributed by atoms with van der Waals surface area (Å²) >= 11 is 1.31. The van der Waals surface area contributed by atoms with Crippen molar-refractivity contribution >= 4 is 28.1 Å². The van der Waals surface area contributed by atoms with E-state index in [0.717, 1.165) is 37.8 Å². The van der Waals surface area contributed by atoms with Gasteiger partial charge in [-0.15, -0.1) is 11.3 Å². The summed E-state index contributed by atoms with van der Waals surface area (Å²) in [4.78, 5) is 17.0. The number of thiazole rings is 1. The first-order valence-corrected chi connectivity index (χ1v) is 10.8. The van der Waals surface area contributed by atoms with Crippen molar-refractivity contribution in [1.29, 1.82) is 0 Å².